The van der Waals surface area contributed by atoms with Gasteiger partial charge in [0.15, 0.2) is 0 Å². The molecule has 2 rings (SSSR count). The summed E-state index contributed by atoms with van der Waals surface area (Å²) in [7, 11) is 0. The van der Waals surface area contributed by atoms with Gasteiger partial charge in [-0.1, -0.05) is 18.2 Å². The normalized spacial score (nSPS) is 11.3. The molecule has 20 heavy (non-hydrogen) atoms. The summed E-state index contributed by atoms with van der Waals surface area (Å²) in [5.74, 6) is -0.642. The molecule has 0 saturated heterocycles. The minimum absolute atomic E-state index is 0.0969. The summed E-state index contributed by atoms with van der Waals surface area (Å²) in [5.41, 5.74) is -0.720. The van der Waals surface area contributed by atoms with Gasteiger partial charge in [0, 0.05) is 0 Å². The van der Waals surface area contributed by atoms with Crippen LogP contribution in [-0.2, 0) is 0 Å². The van der Waals surface area contributed by atoms with Crippen LogP contribution in [0.2, 0.25) is 0 Å². The van der Waals surface area contributed by atoms with E-state index in [4.69, 9.17) is 5.11 Å². The molecule has 0 aliphatic heterocycles. The smallest absolute Gasteiger partial charge is 0.348 e. The van der Waals surface area contributed by atoms with Crippen molar-refractivity contribution in [1.82, 2.24) is 20.1 Å². The van der Waals surface area contributed by atoms with Gasteiger partial charge in [0.1, 0.15) is 0 Å². The number of aliphatic hydroxyl groups is 1. The van der Waals surface area contributed by atoms with Crippen molar-refractivity contribution in [3.05, 3.63) is 46.6 Å². The third kappa shape index (κ3) is 2.94. The second-order valence-corrected chi connectivity index (χ2v) is 5.02. The van der Waals surface area contributed by atoms with Crippen LogP contribution in [0.15, 0.2) is 35.1 Å². The Morgan fingerprint density at radius 1 is 1.40 bits per heavy atom. The number of hydrogen-bond acceptors (Lipinski definition) is 4. The molecular weight excluding hydrogens is 260 g/mol. The number of nitrogens with zero attached hydrogens (tertiary/aromatic N) is 2. The molecule has 0 atom stereocenters. The molecule has 2 aromatic rings. The van der Waals surface area contributed by atoms with E-state index in [1.165, 1.54) is 0 Å². The standard InChI is InChI=1S/C13H16N4O3/c1-13(2,8-18)15-11(19)10-14-12(20)17(16-10)9-6-4-3-5-7-9/h3-7,18H,8H2,1-2H3,(H,15,19)(H,14,16,20). The number of para-hydroxylation sites is 1. The first-order valence-electron chi connectivity index (χ1n) is 6.11. The van der Waals surface area contributed by atoms with Crippen LogP contribution >= 0.6 is 0 Å². The number of rotatable bonds is 4. The number of carbonyl (C=O) groups excluding carboxylic acids is 1. The number of aromatic amines is 1. The summed E-state index contributed by atoms with van der Waals surface area (Å²) in [5, 5.41) is 15.6. The number of nitrogens with one attached hydrogen (secondary N) is 2. The lowest BCUT2D eigenvalue weighted by molar-refractivity contribution is 0.0858. The number of benzene rings is 1. The first-order chi connectivity index (χ1) is 9.43. The number of H-pyrrole nitrogens is 1. The van der Waals surface area contributed by atoms with Crippen LogP contribution in [0.4, 0.5) is 0 Å². The lowest BCUT2D eigenvalue weighted by Gasteiger charge is -2.22. The van der Waals surface area contributed by atoms with Crippen molar-refractivity contribution in [2.24, 2.45) is 0 Å². The van der Waals surface area contributed by atoms with Gasteiger partial charge >= 0.3 is 5.69 Å². The van der Waals surface area contributed by atoms with Gasteiger partial charge in [-0.2, -0.15) is 4.68 Å². The Kier molecular flexibility index (Phi) is 3.71. The minimum atomic E-state index is -0.787. The van der Waals surface area contributed by atoms with Crippen molar-refractivity contribution in [1.29, 1.82) is 0 Å². The highest BCUT2D eigenvalue weighted by Gasteiger charge is 2.22. The summed E-state index contributed by atoms with van der Waals surface area (Å²) in [6.07, 6.45) is 0. The van der Waals surface area contributed by atoms with Crippen LogP contribution in [0, 0.1) is 0 Å². The number of hydrogen-bond donors (Lipinski definition) is 3. The molecule has 7 heteroatoms. The van der Waals surface area contributed by atoms with Crippen molar-refractivity contribution < 1.29 is 9.90 Å². The first kappa shape index (κ1) is 14.0. The van der Waals surface area contributed by atoms with Crippen LogP contribution < -0.4 is 11.0 Å². The van der Waals surface area contributed by atoms with E-state index in [1.807, 2.05) is 6.07 Å². The molecular formula is C13H16N4O3. The van der Waals surface area contributed by atoms with Gasteiger partial charge in [-0.05, 0) is 26.0 Å². The topological polar surface area (TPSA) is 100 Å². The zero-order valence-corrected chi connectivity index (χ0v) is 11.3. The van der Waals surface area contributed by atoms with Gasteiger partial charge < -0.3 is 10.4 Å². The van der Waals surface area contributed by atoms with E-state index in [0.29, 0.717) is 5.69 Å². The molecule has 0 fully saturated rings. The summed E-state index contributed by atoms with van der Waals surface area (Å²) in [4.78, 5) is 26.1. The summed E-state index contributed by atoms with van der Waals surface area (Å²) < 4.78 is 1.11. The average molecular weight is 276 g/mol. The molecule has 106 valence electrons. The first-order valence-corrected chi connectivity index (χ1v) is 6.11. The predicted molar refractivity (Wildman–Crippen MR) is 72.8 cm³/mol. The van der Waals surface area contributed by atoms with E-state index >= 15 is 0 Å². The van der Waals surface area contributed by atoms with E-state index in [1.54, 1.807) is 38.1 Å². The maximum absolute atomic E-state index is 11.9. The number of aliphatic hydroxyl groups excluding tert-OH is 1. The fourth-order valence-corrected chi connectivity index (χ4v) is 1.58. The monoisotopic (exact) mass is 276 g/mol. The molecule has 0 radical (unpaired) electrons. The highest BCUT2D eigenvalue weighted by Crippen LogP contribution is 2.04. The minimum Gasteiger partial charge on any atom is -0.394 e. The number of aromatic nitrogens is 3. The Bertz CT molecular complexity index is 658. The van der Waals surface area contributed by atoms with Crippen molar-refractivity contribution in [2.75, 3.05) is 6.61 Å². The third-order valence-corrected chi connectivity index (χ3v) is 2.68. The van der Waals surface area contributed by atoms with Gasteiger partial charge in [-0.3, -0.25) is 9.78 Å². The molecule has 1 amide bonds. The Morgan fingerprint density at radius 3 is 2.65 bits per heavy atom. The fourth-order valence-electron chi connectivity index (χ4n) is 1.58. The van der Waals surface area contributed by atoms with Gasteiger partial charge in [-0.15, -0.1) is 5.10 Å². The van der Waals surface area contributed by atoms with Crippen molar-refractivity contribution in [3.8, 4) is 5.69 Å². The summed E-state index contributed by atoms with van der Waals surface area (Å²) in [6.45, 7) is 3.11. The zero-order chi connectivity index (χ0) is 14.8. The zero-order valence-electron chi connectivity index (χ0n) is 11.3. The van der Waals surface area contributed by atoms with E-state index in [0.717, 1.165) is 4.68 Å². The molecule has 0 spiro atoms. The van der Waals surface area contributed by atoms with Crippen LogP contribution in [-0.4, -0.2) is 37.9 Å². The maximum Gasteiger partial charge on any atom is 0.348 e. The summed E-state index contributed by atoms with van der Waals surface area (Å²) in [6, 6.07) is 8.78. The van der Waals surface area contributed by atoms with Crippen LogP contribution in [0.25, 0.3) is 5.69 Å². The molecule has 1 aromatic heterocycles. The Balaban J connectivity index is 2.29. The summed E-state index contributed by atoms with van der Waals surface area (Å²) >= 11 is 0. The largest absolute Gasteiger partial charge is 0.394 e. The van der Waals surface area contributed by atoms with Crippen molar-refractivity contribution in [2.45, 2.75) is 19.4 Å². The molecule has 0 aliphatic rings. The lowest BCUT2D eigenvalue weighted by Crippen LogP contribution is -2.46. The Labute approximate surface area is 115 Å². The van der Waals surface area contributed by atoms with Gasteiger partial charge in [0.25, 0.3) is 5.91 Å². The second-order valence-electron chi connectivity index (χ2n) is 5.02. The van der Waals surface area contributed by atoms with E-state index < -0.39 is 17.1 Å². The Morgan fingerprint density at radius 2 is 2.05 bits per heavy atom. The number of amides is 1. The van der Waals surface area contributed by atoms with Crippen LogP contribution in [0.3, 0.4) is 0 Å². The molecule has 0 saturated carbocycles. The second kappa shape index (κ2) is 5.30. The predicted octanol–water partition coefficient (Wildman–Crippen LogP) is 0.0613. The quantitative estimate of drug-likeness (QED) is 0.735. The molecule has 1 aromatic carbocycles. The Hall–Kier alpha value is -2.41. The molecule has 0 unspecified atom stereocenters. The van der Waals surface area contributed by atoms with Gasteiger partial charge in [0.2, 0.25) is 5.82 Å². The maximum atomic E-state index is 11.9. The van der Waals surface area contributed by atoms with Gasteiger partial charge in [0.05, 0.1) is 17.8 Å². The average Bonchev–Trinajstić information content (AvgIpc) is 2.81. The number of carbonyl (C=O) groups is 1. The third-order valence-electron chi connectivity index (χ3n) is 2.68. The van der Waals surface area contributed by atoms with Crippen molar-refractivity contribution >= 4 is 5.91 Å². The SMILES string of the molecule is CC(C)(CO)NC(=O)c1nn(-c2ccccc2)c(=O)[nH]1. The highest BCUT2D eigenvalue weighted by atomic mass is 16.3. The van der Waals surface area contributed by atoms with Gasteiger partial charge in [-0.25, -0.2) is 4.79 Å². The fraction of sp³-hybridized carbons (Fsp3) is 0.308. The molecule has 1 heterocycles. The molecule has 7 nitrogen and oxygen atoms in total. The van der Waals surface area contributed by atoms with Crippen LogP contribution in [0.1, 0.15) is 24.5 Å². The molecule has 3 N–H and O–H groups in total. The van der Waals surface area contributed by atoms with E-state index in [-0.39, 0.29) is 12.4 Å². The van der Waals surface area contributed by atoms with Crippen LogP contribution in [0.5, 0.6) is 0 Å². The lowest BCUT2D eigenvalue weighted by atomic mass is 10.1. The molecule has 0 bridgehead atoms. The highest BCUT2D eigenvalue weighted by molar-refractivity contribution is 5.90. The molecule has 0 aliphatic carbocycles. The van der Waals surface area contributed by atoms with E-state index in [9.17, 15) is 9.59 Å². The van der Waals surface area contributed by atoms with E-state index in [2.05, 4.69) is 15.4 Å². The van der Waals surface area contributed by atoms with Crippen molar-refractivity contribution in [3.63, 3.8) is 0 Å².